The molecule has 0 radical (unpaired) electrons. The number of hydrogen-bond donors (Lipinski definition) is 2. The normalized spacial score (nSPS) is 11.2. The fourth-order valence-corrected chi connectivity index (χ4v) is 3.43. The quantitative estimate of drug-likeness (QED) is 0.472. The van der Waals surface area contributed by atoms with Crippen LogP contribution < -0.4 is 5.56 Å². The molecule has 6 nitrogen and oxygen atoms in total. The van der Waals surface area contributed by atoms with E-state index in [1.165, 1.54) is 10.7 Å². The van der Waals surface area contributed by atoms with Crippen molar-refractivity contribution >= 4 is 18.5 Å². The number of aryl methyl sites for hydroxylation is 1. The van der Waals surface area contributed by atoms with Crippen LogP contribution in [0.5, 0.6) is 0 Å². The Morgan fingerprint density at radius 1 is 1.06 bits per heavy atom. The molecule has 176 valence electrons. The zero-order chi connectivity index (χ0) is 22.9. The Morgan fingerprint density at radius 2 is 1.76 bits per heavy atom. The molecule has 1 aromatic heterocycles. The highest BCUT2D eigenvalue weighted by molar-refractivity contribution is 5.85. The Labute approximate surface area is 199 Å². The Bertz CT molecular complexity index is 1110. The average molecular weight is 474 g/mol. The van der Waals surface area contributed by atoms with Crippen molar-refractivity contribution in [1.29, 1.82) is 0 Å². The molecule has 0 saturated carbocycles. The third-order valence-corrected chi connectivity index (χ3v) is 5.12. The molecule has 2 N–H and O–H groups in total. The fraction of sp³-hybridized carbons (Fsp3) is 0.280. The summed E-state index contributed by atoms with van der Waals surface area (Å²) in [5, 5.41) is 23.1. The number of aliphatic hydroxyl groups excluding tert-OH is 2. The molecule has 0 aliphatic heterocycles. The zero-order valence-electron chi connectivity index (χ0n) is 18.5. The van der Waals surface area contributed by atoms with Crippen molar-refractivity contribution in [3.8, 4) is 11.3 Å². The largest absolute Gasteiger partial charge is 0.395 e. The molecule has 0 spiro atoms. The van der Waals surface area contributed by atoms with E-state index < -0.39 is 0 Å². The molecule has 2 aromatic carbocycles. The molecule has 0 atom stereocenters. The van der Waals surface area contributed by atoms with Crippen molar-refractivity contribution in [1.82, 2.24) is 14.7 Å². The van der Waals surface area contributed by atoms with Crippen LogP contribution in [-0.2, 0) is 13.1 Å². The summed E-state index contributed by atoms with van der Waals surface area (Å²) in [5.41, 5.74) is 3.03. The molecule has 0 aliphatic rings. The predicted octanol–water partition coefficient (Wildman–Crippen LogP) is 3.28. The Kier molecular flexibility index (Phi) is 10.4. The van der Waals surface area contributed by atoms with Crippen LogP contribution in [0.4, 0.5) is 4.39 Å². The first-order valence-corrected chi connectivity index (χ1v) is 10.5. The molecule has 0 fully saturated rings. The Balaban J connectivity index is 0.00000385. The minimum Gasteiger partial charge on any atom is -0.395 e. The maximum absolute atomic E-state index is 13.8. The van der Waals surface area contributed by atoms with Crippen LogP contribution in [0.25, 0.3) is 17.3 Å². The van der Waals surface area contributed by atoms with Gasteiger partial charge in [0.1, 0.15) is 5.82 Å². The molecular formula is C25H29ClFN3O3. The molecule has 3 rings (SSSR count). The molecule has 8 heteroatoms. The van der Waals surface area contributed by atoms with Crippen molar-refractivity contribution in [2.24, 2.45) is 0 Å². The van der Waals surface area contributed by atoms with E-state index in [1.807, 2.05) is 42.5 Å². The molecule has 0 aliphatic carbocycles. The van der Waals surface area contributed by atoms with Crippen LogP contribution in [0.15, 0.2) is 65.5 Å². The summed E-state index contributed by atoms with van der Waals surface area (Å²) in [6.07, 6.45) is 3.79. The smallest absolute Gasteiger partial charge is 0.271 e. The molecule has 1 heterocycles. The average Bonchev–Trinajstić information content (AvgIpc) is 2.79. The van der Waals surface area contributed by atoms with E-state index in [1.54, 1.807) is 30.0 Å². The summed E-state index contributed by atoms with van der Waals surface area (Å²) in [7, 11) is 0. The van der Waals surface area contributed by atoms with Gasteiger partial charge in [-0.1, -0.05) is 42.5 Å². The van der Waals surface area contributed by atoms with E-state index in [2.05, 4.69) is 5.10 Å². The molecule has 0 bridgehead atoms. The fourth-order valence-electron chi connectivity index (χ4n) is 3.43. The highest BCUT2D eigenvalue weighted by atomic mass is 35.5. The number of nitrogens with zero attached hydrogens (tertiary/aromatic N) is 3. The lowest BCUT2D eigenvalue weighted by Gasteiger charge is -2.20. The highest BCUT2D eigenvalue weighted by Crippen LogP contribution is 2.20. The van der Waals surface area contributed by atoms with Crippen LogP contribution in [0.1, 0.15) is 16.7 Å². The third-order valence-electron chi connectivity index (χ3n) is 5.12. The van der Waals surface area contributed by atoms with E-state index in [-0.39, 0.29) is 50.1 Å². The number of allylic oxidation sites excluding steroid dienone is 1. The van der Waals surface area contributed by atoms with Crippen LogP contribution in [0.3, 0.4) is 0 Å². The van der Waals surface area contributed by atoms with Crippen molar-refractivity contribution in [2.75, 3.05) is 26.3 Å². The van der Waals surface area contributed by atoms with Gasteiger partial charge in [-0.15, -0.1) is 12.4 Å². The lowest BCUT2D eigenvalue weighted by molar-refractivity contribution is 0.155. The number of halogens is 2. The lowest BCUT2D eigenvalue weighted by Crippen LogP contribution is -2.34. The van der Waals surface area contributed by atoms with Gasteiger partial charge in [-0.25, -0.2) is 9.07 Å². The standard InChI is InChI=1S/C25H28FN3O3.ClH/c1-19-16-21(9-10-23(19)26)24-17-22(18-28(12-14-30)13-15-31)25(32)29(27-24)11-5-8-20-6-3-2-4-7-20;/h2-10,16-17,30-31H,11-15,18H2,1H3;1H. The van der Waals surface area contributed by atoms with Gasteiger partial charge in [-0.2, -0.15) is 5.10 Å². The van der Waals surface area contributed by atoms with Gasteiger partial charge in [0.15, 0.2) is 0 Å². The lowest BCUT2D eigenvalue weighted by atomic mass is 10.1. The second-order valence-electron chi connectivity index (χ2n) is 7.54. The van der Waals surface area contributed by atoms with Gasteiger partial charge in [0, 0.05) is 30.8 Å². The van der Waals surface area contributed by atoms with Gasteiger partial charge in [-0.3, -0.25) is 9.69 Å². The van der Waals surface area contributed by atoms with Crippen LogP contribution in [0, 0.1) is 12.7 Å². The van der Waals surface area contributed by atoms with Gasteiger partial charge in [0.05, 0.1) is 25.5 Å². The van der Waals surface area contributed by atoms with E-state index >= 15 is 0 Å². The van der Waals surface area contributed by atoms with Crippen LogP contribution >= 0.6 is 12.4 Å². The van der Waals surface area contributed by atoms with Gasteiger partial charge < -0.3 is 10.2 Å². The van der Waals surface area contributed by atoms with Crippen molar-refractivity contribution in [3.63, 3.8) is 0 Å². The predicted molar refractivity (Wildman–Crippen MR) is 131 cm³/mol. The maximum Gasteiger partial charge on any atom is 0.271 e. The van der Waals surface area contributed by atoms with Gasteiger partial charge in [0.2, 0.25) is 0 Å². The Morgan fingerprint density at radius 3 is 2.39 bits per heavy atom. The van der Waals surface area contributed by atoms with Crippen LogP contribution in [-0.4, -0.2) is 51.2 Å². The summed E-state index contributed by atoms with van der Waals surface area (Å²) in [6.45, 7) is 2.73. The summed E-state index contributed by atoms with van der Waals surface area (Å²) in [4.78, 5) is 14.9. The molecule has 0 unspecified atom stereocenters. The topological polar surface area (TPSA) is 78.6 Å². The van der Waals surface area contributed by atoms with Gasteiger partial charge >= 0.3 is 0 Å². The van der Waals surface area contributed by atoms with E-state index in [4.69, 9.17) is 0 Å². The zero-order valence-corrected chi connectivity index (χ0v) is 19.3. The highest BCUT2D eigenvalue weighted by Gasteiger charge is 2.14. The summed E-state index contributed by atoms with van der Waals surface area (Å²) in [6, 6.07) is 16.2. The second kappa shape index (κ2) is 13.0. The third kappa shape index (κ3) is 7.33. The molecule has 0 saturated heterocycles. The first kappa shape index (κ1) is 26.4. The summed E-state index contributed by atoms with van der Waals surface area (Å²) >= 11 is 0. The molecular weight excluding hydrogens is 445 g/mol. The maximum atomic E-state index is 13.8. The van der Waals surface area contributed by atoms with Crippen molar-refractivity contribution in [2.45, 2.75) is 20.0 Å². The minimum atomic E-state index is -0.301. The van der Waals surface area contributed by atoms with Crippen LogP contribution in [0.2, 0.25) is 0 Å². The van der Waals surface area contributed by atoms with E-state index in [9.17, 15) is 19.4 Å². The van der Waals surface area contributed by atoms with Gasteiger partial charge in [0.25, 0.3) is 5.56 Å². The summed E-state index contributed by atoms with van der Waals surface area (Å²) < 4.78 is 15.2. The van der Waals surface area contributed by atoms with Gasteiger partial charge in [-0.05, 0) is 42.3 Å². The number of rotatable bonds is 10. The molecule has 33 heavy (non-hydrogen) atoms. The molecule has 3 aromatic rings. The number of aliphatic hydroxyl groups is 2. The van der Waals surface area contributed by atoms with Crippen molar-refractivity contribution in [3.05, 3.63) is 93.5 Å². The summed E-state index contributed by atoms with van der Waals surface area (Å²) in [5.74, 6) is -0.301. The first-order chi connectivity index (χ1) is 15.5. The van der Waals surface area contributed by atoms with E-state index in [0.29, 0.717) is 35.5 Å². The van der Waals surface area contributed by atoms with E-state index in [0.717, 1.165) is 5.56 Å². The SMILES string of the molecule is Cc1cc(-c2cc(CN(CCO)CCO)c(=O)n(CC=Cc3ccccc3)n2)ccc1F.Cl. The Hall–Kier alpha value is -2.84. The number of aromatic nitrogens is 2. The second-order valence-corrected chi connectivity index (χ2v) is 7.54. The number of benzene rings is 2. The van der Waals surface area contributed by atoms with Crippen molar-refractivity contribution < 1.29 is 14.6 Å². The monoisotopic (exact) mass is 473 g/mol. The molecule has 0 amide bonds. The minimum absolute atomic E-state index is 0. The first-order valence-electron chi connectivity index (χ1n) is 10.5. The number of hydrogen-bond acceptors (Lipinski definition) is 5.